The van der Waals surface area contributed by atoms with E-state index in [0.717, 1.165) is 70.5 Å². The number of hydrogen-bond acceptors (Lipinski definition) is 9. The largest absolute Gasteiger partial charge is 0.423 e. The molecule has 0 spiro atoms. The van der Waals surface area contributed by atoms with Crippen LogP contribution in [0.25, 0.3) is 45.3 Å². The molecule has 0 unspecified atom stereocenters. The Kier molecular flexibility index (Phi) is 14.3. The zero-order valence-electron chi connectivity index (χ0n) is 34.2. The zero-order valence-corrected chi connectivity index (χ0v) is 34.2. The van der Waals surface area contributed by atoms with E-state index in [9.17, 15) is 9.59 Å². The minimum Gasteiger partial charge on any atom is -0.423 e. The van der Waals surface area contributed by atoms with E-state index in [1.807, 2.05) is 91.5 Å². The van der Waals surface area contributed by atoms with Crippen molar-refractivity contribution in [2.45, 2.75) is 78.1 Å². The van der Waals surface area contributed by atoms with Gasteiger partial charge in [0, 0.05) is 47.0 Å². The Morgan fingerprint density at radius 3 is 1.17 bits per heavy atom. The molecule has 0 saturated heterocycles. The Balaban J connectivity index is 0.905. The lowest BCUT2D eigenvalue weighted by Gasteiger charge is -2.09. The third kappa shape index (κ3) is 11.2. The second-order valence-corrected chi connectivity index (χ2v) is 14.8. The number of aryl methyl sites for hydroxylation is 2. The van der Waals surface area contributed by atoms with Gasteiger partial charge in [-0.1, -0.05) is 82.7 Å². The van der Waals surface area contributed by atoms with Crippen molar-refractivity contribution in [3.8, 4) is 56.8 Å². The van der Waals surface area contributed by atoms with Crippen molar-refractivity contribution in [3.05, 3.63) is 162 Å². The number of hydrogen-bond donors (Lipinski definition) is 0. The Labute approximate surface area is 352 Å². The molecule has 9 heteroatoms. The average molecular weight is 796 g/mol. The Morgan fingerprint density at radius 2 is 0.800 bits per heavy atom. The van der Waals surface area contributed by atoms with Crippen molar-refractivity contribution in [2.24, 2.45) is 0 Å². The van der Waals surface area contributed by atoms with Crippen LogP contribution in [0.5, 0.6) is 11.5 Å². The Hall–Kier alpha value is -6.87. The number of aromatic nitrogens is 5. The van der Waals surface area contributed by atoms with Gasteiger partial charge in [-0.05, 0) is 122 Å². The van der Waals surface area contributed by atoms with Crippen LogP contribution in [-0.4, -0.2) is 36.9 Å². The summed E-state index contributed by atoms with van der Waals surface area (Å²) in [7, 11) is 0. The van der Waals surface area contributed by atoms with Gasteiger partial charge in [-0.15, -0.1) is 0 Å². The van der Waals surface area contributed by atoms with Gasteiger partial charge in [-0.25, -0.2) is 34.5 Å². The number of unbranched alkanes of at least 4 members (excludes halogenated alkanes) is 6. The monoisotopic (exact) mass is 795 g/mol. The van der Waals surface area contributed by atoms with Gasteiger partial charge in [0.2, 0.25) is 0 Å². The second-order valence-electron chi connectivity index (χ2n) is 14.8. The summed E-state index contributed by atoms with van der Waals surface area (Å²) in [4.78, 5) is 49.0. The summed E-state index contributed by atoms with van der Waals surface area (Å²) in [5, 5.41) is 0. The van der Waals surface area contributed by atoms with Crippen LogP contribution in [0.2, 0.25) is 0 Å². The molecule has 0 aliphatic heterocycles. The lowest BCUT2D eigenvalue weighted by atomic mass is 10.1. The van der Waals surface area contributed by atoms with Crippen molar-refractivity contribution in [3.63, 3.8) is 0 Å². The molecule has 0 amide bonds. The highest BCUT2D eigenvalue weighted by atomic mass is 16.5. The molecular weight excluding hydrogens is 747 g/mol. The minimum absolute atomic E-state index is 0.426. The lowest BCUT2D eigenvalue weighted by Crippen LogP contribution is -2.08. The normalized spacial score (nSPS) is 11.0. The average Bonchev–Trinajstić information content (AvgIpc) is 3.30. The summed E-state index contributed by atoms with van der Waals surface area (Å²) in [6.07, 6.45) is 19.2. The highest BCUT2D eigenvalue weighted by Gasteiger charge is 2.13. The van der Waals surface area contributed by atoms with Crippen molar-refractivity contribution in [1.82, 2.24) is 24.9 Å². The molecule has 0 saturated carbocycles. The Bertz CT molecular complexity index is 2280. The van der Waals surface area contributed by atoms with E-state index in [0.29, 0.717) is 34.3 Å². The van der Waals surface area contributed by atoms with Gasteiger partial charge >= 0.3 is 11.9 Å². The van der Waals surface area contributed by atoms with E-state index in [-0.39, 0.29) is 0 Å². The summed E-state index contributed by atoms with van der Waals surface area (Å²) in [6.45, 7) is 4.42. The van der Waals surface area contributed by atoms with Crippen LogP contribution in [0.3, 0.4) is 0 Å². The van der Waals surface area contributed by atoms with Gasteiger partial charge in [-0.2, -0.15) is 0 Å². The first-order chi connectivity index (χ1) is 29.4. The van der Waals surface area contributed by atoms with Crippen molar-refractivity contribution < 1.29 is 19.1 Å². The molecule has 7 aromatic rings. The van der Waals surface area contributed by atoms with Gasteiger partial charge < -0.3 is 9.47 Å². The predicted octanol–water partition coefficient (Wildman–Crippen LogP) is 12.0. The first kappa shape index (κ1) is 41.3. The smallest absolute Gasteiger partial charge is 0.343 e. The molecule has 0 radical (unpaired) electrons. The van der Waals surface area contributed by atoms with Crippen LogP contribution in [0, 0.1) is 0 Å². The molecule has 0 bridgehead atoms. The van der Waals surface area contributed by atoms with Crippen LogP contribution in [0.1, 0.15) is 97.1 Å². The fraction of sp³-hybridized carbons (Fsp3) is 0.235. The first-order valence-electron chi connectivity index (χ1n) is 20.9. The van der Waals surface area contributed by atoms with Crippen molar-refractivity contribution in [1.29, 1.82) is 0 Å². The van der Waals surface area contributed by atoms with Crippen molar-refractivity contribution in [2.75, 3.05) is 0 Å². The summed E-state index contributed by atoms with van der Waals surface area (Å²) in [5.41, 5.74) is 8.05. The molecule has 60 heavy (non-hydrogen) atoms. The predicted molar refractivity (Wildman–Crippen MR) is 236 cm³/mol. The zero-order chi connectivity index (χ0) is 41.5. The SMILES string of the molecule is CCCCCCc1cnc(-c2ccc(C(=O)Oc3ccc(-c4cccc(-c5ccc(OC(=O)c6ccc(-c7ncc(CCCCCC)cn7)cc6)cc5)n4)cc3)cc2)nc1. The van der Waals surface area contributed by atoms with Crippen LogP contribution in [-0.2, 0) is 12.8 Å². The molecule has 9 nitrogen and oxygen atoms in total. The summed E-state index contributed by atoms with van der Waals surface area (Å²) in [5.74, 6) is 1.19. The summed E-state index contributed by atoms with van der Waals surface area (Å²) in [6, 6.07) is 34.5. The van der Waals surface area contributed by atoms with Gasteiger partial charge in [0.1, 0.15) is 11.5 Å². The fourth-order valence-electron chi connectivity index (χ4n) is 6.76. The molecule has 0 fully saturated rings. The molecule has 4 aromatic carbocycles. The Morgan fingerprint density at radius 1 is 0.433 bits per heavy atom. The van der Waals surface area contributed by atoms with E-state index in [1.54, 1.807) is 48.5 Å². The quantitative estimate of drug-likeness (QED) is 0.0475. The number of benzene rings is 4. The van der Waals surface area contributed by atoms with Crippen LogP contribution >= 0.6 is 0 Å². The van der Waals surface area contributed by atoms with E-state index in [1.165, 1.54) is 38.5 Å². The summed E-state index contributed by atoms with van der Waals surface area (Å²) < 4.78 is 11.4. The standard InChI is InChI=1S/C51H49N5O4/c1-3-5-7-9-12-36-32-52-48(53-33-36)40-16-20-42(21-17-40)50(57)59-44-28-24-38(25-29-44)46-14-11-15-47(56-46)39-26-30-45(31-27-39)60-51(58)43-22-18-41(19-23-43)49-54-34-37(35-55-49)13-10-8-6-4-2/h11,14-35H,3-10,12-13H2,1-2H3. The molecule has 0 N–H and O–H groups in total. The molecule has 302 valence electrons. The van der Waals surface area contributed by atoms with Crippen LogP contribution < -0.4 is 9.47 Å². The topological polar surface area (TPSA) is 117 Å². The molecule has 0 aliphatic carbocycles. The maximum Gasteiger partial charge on any atom is 0.343 e. The van der Waals surface area contributed by atoms with E-state index < -0.39 is 11.9 Å². The molecule has 0 atom stereocenters. The molecule has 3 aromatic heterocycles. The summed E-state index contributed by atoms with van der Waals surface area (Å²) >= 11 is 0. The number of pyridine rings is 1. The molecule has 3 heterocycles. The highest BCUT2D eigenvalue weighted by molar-refractivity contribution is 5.92. The maximum absolute atomic E-state index is 13.0. The van der Waals surface area contributed by atoms with Crippen LogP contribution in [0.15, 0.2) is 140 Å². The molecule has 0 aliphatic rings. The molecular formula is C51H49N5O4. The van der Waals surface area contributed by atoms with E-state index >= 15 is 0 Å². The van der Waals surface area contributed by atoms with E-state index in [4.69, 9.17) is 14.5 Å². The van der Waals surface area contributed by atoms with Gasteiger partial charge in [0.15, 0.2) is 11.6 Å². The minimum atomic E-state index is -0.454. The number of esters is 2. The number of carbonyl (C=O) groups excluding carboxylic acids is 2. The van der Waals surface area contributed by atoms with Gasteiger partial charge in [0.05, 0.1) is 22.5 Å². The van der Waals surface area contributed by atoms with Gasteiger partial charge in [-0.3, -0.25) is 0 Å². The highest BCUT2D eigenvalue weighted by Crippen LogP contribution is 2.27. The molecule has 7 rings (SSSR count). The van der Waals surface area contributed by atoms with Crippen LogP contribution in [0.4, 0.5) is 0 Å². The van der Waals surface area contributed by atoms with Gasteiger partial charge in [0.25, 0.3) is 0 Å². The maximum atomic E-state index is 13.0. The second kappa shape index (κ2) is 20.7. The first-order valence-corrected chi connectivity index (χ1v) is 20.9. The fourth-order valence-corrected chi connectivity index (χ4v) is 6.76. The number of rotatable bonds is 18. The number of carbonyl (C=O) groups is 2. The third-order valence-electron chi connectivity index (χ3n) is 10.3. The van der Waals surface area contributed by atoms with E-state index in [2.05, 4.69) is 33.8 Å². The van der Waals surface area contributed by atoms with Crippen molar-refractivity contribution >= 4 is 11.9 Å². The number of ether oxygens (including phenoxy) is 2. The number of nitrogens with zero attached hydrogens (tertiary/aromatic N) is 5. The third-order valence-corrected chi connectivity index (χ3v) is 10.3. The lowest BCUT2D eigenvalue weighted by molar-refractivity contribution is 0.0725.